The molecule has 1 atom stereocenters. The molecule has 0 saturated carbocycles. The number of fused-ring (bicyclic) bond motifs is 1. The van der Waals surface area contributed by atoms with Crippen LogP contribution >= 0.6 is 24.2 Å². The number of anilines is 1. The Morgan fingerprint density at radius 1 is 1.22 bits per heavy atom. The van der Waals surface area contributed by atoms with E-state index in [1.807, 2.05) is 12.1 Å². The fourth-order valence-corrected chi connectivity index (χ4v) is 5.06. The lowest BCUT2D eigenvalue weighted by Gasteiger charge is -2.33. The molecule has 4 rings (SSSR count). The van der Waals surface area contributed by atoms with Gasteiger partial charge in [0, 0.05) is 37.5 Å². The molecule has 2 aromatic carbocycles. The second kappa shape index (κ2) is 12.9. The topological polar surface area (TPSA) is 36.5 Å². The molecular weight excluding hydrogens is 438 g/mol. The van der Waals surface area contributed by atoms with Gasteiger partial charge in [0.15, 0.2) is 0 Å². The van der Waals surface area contributed by atoms with Crippen LogP contribution in [0.2, 0.25) is 5.02 Å². The third-order valence-corrected chi connectivity index (χ3v) is 6.96. The lowest BCUT2D eigenvalue weighted by atomic mass is 9.96. The van der Waals surface area contributed by atoms with Gasteiger partial charge in [-0.05, 0) is 98.3 Å². The van der Waals surface area contributed by atoms with E-state index in [2.05, 4.69) is 59.4 Å². The van der Waals surface area contributed by atoms with Crippen molar-refractivity contribution in [3.63, 3.8) is 0 Å². The van der Waals surface area contributed by atoms with Crippen molar-refractivity contribution >= 4 is 29.9 Å². The Bertz CT molecular complexity index is 837. The lowest BCUT2D eigenvalue weighted by molar-refractivity contribution is 0.0681. The summed E-state index contributed by atoms with van der Waals surface area (Å²) in [6.07, 6.45) is 6.41. The van der Waals surface area contributed by atoms with Crippen LogP contribution in [0.5, 0.6) is 0 Å². The van der Waals surface area contributed by atoms with Crippen LogP contribution < -0.4 is 15.5 Å². The van der Waals surface area contributed by atoms with Gasteiger partial charge in [-0.25, -0.2) is 0 Å². The average molecular weight is 476 g/mol. The van der Waals surface area contributed by atoms with Gasteiger partial charge < -0.3 is 15.0 Å². The number of aryl methyl sites for hydroxylation is 2. The molecule has 0 radical (unpaired) electrons. The zero-order valence-corrected chi connectivity index (χ0v) is 21.3. The van der Waals surface area contributed by atoms with Crippen molar-refractivity contribution in [3.05, 3.63) is 63.7 Å². The Morgan fingerprint density at radius 3 is 2.72 bits per heavy atom. The van der Waals surface area contributed by atoms with Crippen molar-refractivity contribution in [2.45, 2.75) is 45.4 Å². The Kier molecular flexibility index (Phi) is 10.2. The maximum atomic E-state index is 6.50. The third-order valence-electron chi connectivity index (χ3n) is 6.61. The molecule has 2 aliphatic rings. The molecule has 4 nitrogen and oxygen atoms in total. The van der Waals surface area contributed by atoms with E-state index in [0.29, 0.717) is 0 Å². The molecule has 0 aromatic heterocycles. The van der Waals surface area contributed by atoms with E-state index in [4.69, 9.17) is 16.3 Å². The van der Waals surface area contributed by atoms with Crippen LogP contribution in [0.25, 0.3) is 0 Å². The van der Waals surface area contributed by atoms with Gasteiger partial charge in [-0.3, -0.25) is 5.32 Å². The minimum absolute atomic E-state index is 0.0497. The van der Waals surface area contributed by atoms with Gasteiger partial charge in [0.25, 0.3) is 0 Å². The number of benzene rings is 2. The van der Waals surface area contributed by atoms with Crippen molar-refractivity contribution in [3.8, 4) is 0 Å². The number of rotatable bonds is 7. The summed E-state index contributed by atoms with van der Waals surface area (Å²) in [4.78, 5) is 2.47. The first kappa shape index (κ1) is 25.4. The highest BCUT2D eigenvalue weighted by Crippen LogP contribution is 2.33. The Morgan fingerprint density at radius 2 is 2.00 bits per heavy atom. The van der Waals surface area contributed by atoms with Crippen LogP contribution in [0.3, 0.4) is 0 Å². The lowest BCUT2D eigenvalue weighted by Crippen LogP contribution is -2.35. The van der Waals surface area contributed by atoms with Gasteiger partial charge in [-0.15, -0.1) is 0 Å². The summed E-state index contributed by atoms with van der Waals surface area (Å²) in [5, 5.41) is 7.95. The minimum Gasteiger partial charge on any atom is -0.367 e. The number of ether oxygens (including phenoxy) is 1. The zero-order valence-electron chi connectivity index (χ0n) is 19.7. The first-order valence-corrected chi connectivity index (χ1v) is 13.0. The van der Waals surface area contributed by atoms with Crippen LogP contribution in [0, 0.1) is 12.8 Å². The highest BCUT2D eigenvalue weighted by atomic mass is 35.5. The number of methoxy groups -OCH3 is 1. The molecule has 1 saturated heterocycles. The summed E-state index contributed by atoms with van der Waals surface area (Å²) in [6.45, 7) is 7.34. The SMILES string of the molecule is COC(NCC1CCNCC1)c1ccc2c(c1)CCCN2Cc1c(C)cccc1Cl.CS. The first-order chi connectivity index (χ1) is 15.7. The van der Waals surface area contributed by atoms with Crippen molar-refractivity contribution in [1.29, 1.82) is 0 Å². The number of thiol groups is 1. The van der Waals surface area contributed by atoms with Crippen molar-refractivity contribution in [2.24, 2.45) is 5.92 Å². The van der Waals surface area contributed by atoms with Gasteiger partial charge in [0.1, 0.15) is 6.23 Å². The van der Waals surface area contributed by atoms with Crippen molar-refractivity contribution in [2.75, 3.05) is 44.4 Å². The van der Waals surface area contributed by atoms with Crippen LogP contribution in [-0.4, -0.2) is 39.5 Å². The summed E-state index contributed by atoms with van der Waals surface area (Å²) < 4.78 is 5.81. The molecular formula is C26H38ClN3OS. The molecule has 2 heterocycles. The Labute approximate surface area is 204 Å². The fourth-order valence-electron chi connectivity index (χ4n) is 4.78. The van der Waals surface area contributed by atoms with Gasteiger partial charge in [0.05, 0.1) is 0 Å². The molecule has 2 N–H and O–H groups in total. The molecule has 32 heavy (non-hydrogen) atoms. The summed E-state index contributed by atoms with van der Waals surface area (Å²) in [5.74, 6) is 0.732. The van der Waals surface area contributed by atoms with Crippen LogP contribution in [0.15, 0.2) is 36.4 Å². The standard InChI is InChI=1S/C25H34ClN3O.CH4S/c1-18-5-3-7-23(26)22(18)17-29-14-4-6-20-15-21(8-9-24(20)29)25(30-2)28-16-19-10-12-27-13-11-19;1-2/h3,5,7-9,15,19,25,27-28H,4,6,10-14,16-17H2,1-2H3;2H,1H3. The predicted octanol–water partition coefficient (Wildman–Crippen LogP) is 5.38. The van der Waals surface area contributed by atoms with Crippen molar-refractivity contribution < 1.29 is 4.74 Å². The van der Waals surface area contributed by atoms with E-state index in [9.17, 15) is 0 Å². The number of hydrogen-bond donors (Lipinski definition) is 3. The van der Waals surface area contributed by atoms with Crippen LogP contribution in [0.4, 0.5) is 5.69 Å². The normalized spacial score (nSPS) is 17.3. The second-order valence-electron chi connectivity index (χ2n) is 8.67. The van der Waals surface area contributed by atoms with Gasteiger partial charge in [-0.2, -0.15) is 12.6 Å². The minimum atomic E-state index is -0.0497. The van der Waals surface area contributed by atoms with E-state index in [-0.39, 0.29) is 6.23 Å². The maximum Gasteiger partial charge on any atom is 0.133 e. The number of nitrogens with zero attached hydrogens (tertiary/aromatic N) is 1. The van der Waals surface area contributed by atoms with Crippen molar-refractivity contribution in [1.82, 2.24) is 10.6 Å². The summed E-state index contributed by atoms with van der Waals surface area (Å²) in [7, 11) is 1.80. The van der Waals surface area contributed by atoms with Gasteiger partial charge in [-0.1, -0.05) is 29.8 Å². The smallest absolute Gasteiger partial charge is 0.133 e. The summed E-state index contributed by atoms with van der Waals surface area (Å²) in [6, 6.07) is 13.0. The van der Waals surface area contributed by atoms with E-state index >= 15 is 0 Å². The maximum absolute atomic E-state index is 6.50. The van der Waals surface area contributed by atoms with E-state index in [0.717, 1.165) is 50.1 Å². The zero-order chi connectivity index (χ0) is 22.9. The molecule has 1 fully saturated rings. The molecule has 6 heteroatoms. The average Bonchev–Trinajstić information content (AvgIpc) is 2.84. The first-order valence-electron chi connectivity index (χ1n) is 11.7. The van der Waals surface area contributed by atoms with Gasteiger partial charge in [0.2, 0.25) is 0 Å². The molecule has 1 unspecified atom stereocenters. The van der Waals surface area contributed by atoms with Crippen LogP contribution in [-0.2, 0) is 17.7 Å². The predicted molar refractivity (Wildman–Crippen MR) is 140 cm³/mol. The summed E-state index contributed by atoms with van der Waals surface area (Å²) >= 11 is 10.0. The Balaban J connectivity index is 0.00000141. The molecule has 176 valence electrons. The number of nitrogens with one attached hydrogen (secondary N) is 2. The molecule has 0 spiro atoms. The van der Waals surface area contributed by atoms with Gasteiger partial charge >= 0.3 is 0 Å². The van der Waals surface area contributed by atoms with E-state index in [1.54, 1.807) is 13.4 Å². The number of hydrogen-bond acceptors (Lipinski definition) is 5. The highest BCUT2D eigenvalue weighted by molar-refractivity contribution is 7.79. The fraction of sp³-hybridized carbons (Fsp3) is 0.538. The third kappa shape index (κ3) is 6.42. The molecule has 0 aliphatic carbocycles. The molecule has 0 amide bonds. The second-order valence-corrected chi connectivity index (χ2v) is 9.07. The molecule has 2 aromatic rings. The monoisotopic (exact) mass is 475 g/mol. The van der Waals surface area contributed by atoms with E-state index in [1.165, 1.54) is 47.2 Å². The Hall–Kier alpha value is -1.24. The molecule has 0 bridgehead atoms. The number of halogens is 1. The molecule has 2 aliphatic heterocycles. The highest BCUT2D eigenvalue weighted by Gasteiger charge is 2.22. The van der Waals surface area contributed by atoms with E-state index < -0.39 is 0 Å². The largest absolute Gasteiger partial charge is 0.367 e. The van der Waals surface area contributed by atoms with Crippen LogP contribution in [0.1, 0.15) is 47.7 Å². The summed E-state index contributed by atoms with van der Waals surface area (Å²) in [5.41, 5.74) is 6.45. The number of piperidine rings is 1. The quantitative estimate of drug-likeness (QED) is 0.371.